The molecule has 0 N–H and O–H groups in total. The topological polar surface area (TPSA) is 25.8 Å². The summed E-state index contributed by atoms with van der Waals surface area (Å²) in [7, 11) is 0. The van der Waals surface area contributed by atoms with E-state index in [-0.39, 0.29) is 5.41 Å². The quantitative estimate of drug-likeness (QED) is 0.543. The maximum atomic E-state index is 13.2. The van der Waals surface area contributed by atoms with Crippen molar-refractivity contribution >= 4 is 22.6 Å². The molecule has 0 aliphatic heterocycles. The molecular weight excluding hydrogens is 282 g/mol. The molecule has 0 saturated heterocycles. The molecule has 0 atom stereocenters. The van der Waals surface area contributed by atoms with Crippen LogP contribution in [0.1, 0.15) is 32.3 Å². The first-order chi connectivity index (χ1) is 5.82. The van der Waals surface area contributed by atoms with Crippen LogP contribution in [0.4, 0.5) is 4.39 Å². The Bertz CT molecular complexity index is 308. The van der Waals surface area contributed by atoms with Gasteiger partial charge in [0.15, 0.2) is 0 Å². The molecule has 0 aliphatic carbocycles. The summed E-state index contributed by atoms with van der Waals surface area (Å²) < 4.78 is 13.7. The second-order valence-electron chi connectivity index (χ2n) is 3.99. The first-order valence-corrected chi connectivity index (χ1v) is 5.10. The molecule has 0 amide bonds. The normalized spacial score (nSPS) is 11.8. The van der Waals surface area contributed by atoms with Crippen molar-refractivity contribution in [2.45, 2.75) is 33.1 Å². The molecule has 1 rings (SSSR count). The van der Waals surface area contributed by atoms with E-state index < -0.39 is 5.95 Å². The van der Waals surface area contributed by atoms with Gasteiger partial charge in [-0.3, -0.25) is 0 Å². The number of aromatic nitrogens is 2. The van der Waals surface area contributed by atoms with Crippen LogP contribution in [0.25, 0.3) is 0 Å². The third-order valence-electron chi connectivity index (χ3n) is 1.65. The van der Waals surface area contributed by atoms with E-state index >= 15 is 0 Å². The molecule has 0 aromatic carbocycles. The van der Waals surface area contributed by atoms with Gasteiger partial charge in [0.25, 0.3) is 0 Å². The van der Waals surface area contributed by atoms with Crippen LogP contribution in [0.3, 0.4) is 0 Å². The van der Waals surface area contributed by atoms with Crippen molar-refractivity contribution in [3.05, 3.63) is 21.0 Å². The van der Waals surface area contributed by atoms with Crippen LogP contribution in [0.15, 0.2) is 0 Å². The minimum atomic E-state index is -0.418. The molecule has 0 saturated carbocycles. The second kappa shape index (κ2) is 3.48. The Hall–Kier alpha value is -0.260. The van der Waals surface area contributed by atoms with Gasteiger partial charge in [-0.15, -0.1) is 0 Å². The summed E-state index contributed by atoms with van der Waals surface area (Å²) in [5.41, 5.74) is 0.508. The molecule has 2 nitrogen and oxygen atoms in total. The molecule has 1 aromatic rings. The van der Waals surface area contributed by atoms with Gasteiger partial charge >= 0.3 is 0 Å². The SMILES string of the molecule is Cc1nc(C(C)(C)C)nc(F)c1I. The lowest BCUT2D eigenvalue weighted by atomic mass is 9.96. The van der Waals surface area contributed by atoms with E-state index in [1.165, 1.54) is 0 Å². The zero-order chi connectivity index (χ0) is 10.2. The Balaban J connectivity index is 3.29. The van der Waals surface area contributed by atoms with Gasteiger partial charge in [0.2, 0.25) is 5.95 Å². The summed E-state index contributed by atoms with van der Waals surface area (Å²) in [5, 5.41) is 0. The van der Waals surface area contributed by atoms with Gasteiger partial charge in [-0.05, 0) is 29.5 Å². The van der Waals surface area contributed by atoms with Crippen molar-refractivity contribution in [2.75, 3.05) is 0 Å². The van der Waals surface area contributed by atoms with E-state index in [1.807, 2.05) is 43.4 Å². The highest BCUT2D eigenvalue weighted by molar-refractivity contribution is 14.1. The number of hydrogen-bond acceptors (Lipinski definition) is 2. The predicted octanol–water partition coefficient (Wildman–Crippen LogP) is 2.83. The molecule has 72 valence electrons. The average molecular weight is 294 g/mol. The number of aryl methyl sites for hydroxylation is 1. The fourth-order valence-corrected chi connectivity index (χ4v) is 1.10. The molecular formula is C9H12FIN2. The van der Waals surface area contributed by atoms with E-state index in [1.54, 1.807) is 6.92 Å². The highest BCUT2D eigenvalue weighted by Crippen LogP contribution is 2.21. The average Bonchev–Trinajstić information content (AvgIpc) is 1.97. The number of halogens is 2. The molecule has 13 heavy (non-hydrogen) atoms. The Morgan fingerprint density at radius 3 is 2.15 bits per heavy atom. The summed E-state index contributed by atoms with van der Waals surface area (Å²) in [6.07, 6.45) is 0. The molecule has 0 fully saturated rings. The highest BCUT2D eigenvalue weighted by atomic mass is 127. The van der Waals surface area contributed by atoms with E-state index in [9.17, 15) is 4.39 Å². The zero-order valence-electron chi connectivity index (χ0n) is 8.15. The monoisotopic (exact) mass is 294 g/mol. The maximum Gasteiger partial charge on any atom is 0.229 e. The summed E-state index contributed by atoms with van der Waals surface area (Å²) in [5.74, 6) is 0.140. The Labute approximate surface area is 91.1 Å². The maximum absolute atomic E-state index is 13.2. The first-order valence-electron chi connectivity index (χ1n) is 4.02. The van der Waals surface area contributed by atoms with Crippen LogP contribution in [0, 0.1) is 16.4 Å². The van der Waals surface area contributed by atoms with Gasteiger partial charge in [-0.25, -0.2) is 9.97 Å². The van der Waals surface area contributed by atoms with Crippen molar-refractivity contribution in [2.24, 2.45) is 0 Å². The van der Waals surface area contributed by atoms with E-state index in [0.29, 0.717) is 15.1 Å². The minimum absolute atomic E-state index is 0.198. The summed E-state index contributed by atoms with van der Waals surface area (Å²) in [6.45, 7) is 7.69. The fourth-order valence-electron chi connectivity index (χ4n) is 0.860. The zero-order valence-corrected chi connectivity index (χ0v) is 10.3. The standard InChI is InChI=1S/C9H12FIN2/c1-5-6(11)7(10)13-8(12-5)9(2,3)4/h1-4H3. The molecule has 0 bridgehead atoms. The van der Waals surface area contributed by atoms with Crippen LogP contribution < -0.4 is 0 Å². The van der Waals surface area contributed by atoms with Crippen molar-refractivity contribution in [1.29, 1.82) is 0 Å². The van der Waals surface area contributed by atoms with E-state index in [4.69, 9.17) is 0 Å². The van der Waals surface area contributed by atoms with Crippen LogP contribution in [-0.2, 0) is 5.41 Å². The Kier molecular flexibility index (Phi) is 2.89. The van der Waals surface area contributed by atoms with Crippen LogP contribution in [0.2, 0.25) is 0 Å². The van der Waals surface area contributed by atoms with Gasteiger partial charge in [-0.2, -0.15) is 4.39 Å². The van der Waals surface area contributed by atoms with Gasteiger partial charge in [0.1, 0.15) is 5.82 Å². The Morgan fingerprint density at radius 2 is 1.77 bits per heavy atom. The van der Waals surface area contributed by atoms with Crippen molar-refractivity contribution in [3.8, 4) is 0 Å². The number of nitrogens with zero attached hydrogens (tertiary/aromatic N) is 2. The largest absolute Gasteiger partial charge is 0.236 e. The lowest BCUT2D eigenvalue weighted by molar-refractivity contribution is 0.496. The van der Waals surface area contributed by atoms with Crippen LogP contribution in [-0.4, -0.2) is 9.97 Å². The van der Waals surface area contributed by atoms with Crippen molar-refractivity contribution in [3.63, 3.8) is 0 Å². The number of hydrogen-bond donors (Lipinski definition) is 0. The van der Waals surface area contributed by atoms with Crippen molar-refractivity contribution in [1.82, 2.24) is 9.97 Å². The predicted molar refractivity (Wildman–Crippen MR) is 58.1 cm³/mol. The third-order valence-corrected chi connectivity index (χ3v) is 2.87. The Morgan fingerprint density at radius 1 is 1.23 bits per heavy atom. The first kappa shape index (κ1) is 10.8. The van der Waals surface area contributed by atoms with Gasteiger partial charge in [0, 0.05) is 5.41 Å². The van der Waals surface area contributed by atoms with E-state index in [0.717, 1.165) is 0 Å². The summed E-state index contributed by atoms with van der Waals surface area (Å²) in [4.78, 5) is 8.07. The summed E-state index contributed by atoms with van der Waals surface area (Å²) >= 11 is 1.91. The molecule has 0 aliphatic rings. The highest BCUT2D eigenvalue weighted by Gasteiger charge is 2.20. The van der Waals surface area contributed by atoms with Gasteiger partial charge in [-0.1, -0.05) is 20.8 Å². The second-order valence-corrected chi connectivity index (χ2v) is 5.07. The van der Waals surface area contributed by atoms with Crippen molar-refractivity contribution < 1.29 is 4.39 Å². The molecule has 1 heterocycles. The molecule has 0 unspecified atom stereocenters. The molecule has 4 heteroatoms. The smallest absolute Gasteiger partial charge is 0.229 e. The van der Waals surface area contributed by atoms with Crippen LogP contribution in [0.5, 0.6) is 0 Å². The molecule has 0 radical (unpaired) electrons. The van der Waals surface area contributed by atoms with Gasteiger partial charge < -0.3 is 0 Å². The molecule has 1 aromatic heterocycles. The minimum Gasteiger partial charge on any atom is -0.236 e. The van der Waals surface area contributed by atoms with Crippen LogP contribution >= 0.6 is 22.6 Å². The number of rotatable bonds is 0. The fraction of sp³-hybridized carbons (Fsp3) is 0.556. The lowest BCUT2D eigenvalue weighted by Gasteiger charge is -2.17. The van der Waals surface area contributed by atoms with Gasteiger partial charge in [0.05, 0.1) is 9.26 Å². The third kappa shape index (κ3) is 2.36. The molecule has 0 spiro atoms. The van der Waals surface area contributed by atoms with E-state index in [2.05, 4.69) is 9.97 Å². The summed E-state index contributed by atoms with van der Waals surface area (Å²) in [6, 6.07) is 0. The lowest BCUT2D eigenvalue weighted by Crippen LogP contribution is -2.18.